The summed E-state index contributed by atoms with van der Waals surface area (Å²) in [7, 11) is 1.88. The smallest absolute Gasteiger partial charge is 0.256 e. The Hall–Kier alpha value is -1.56. The lowest BCUT2D eigenvalue weighted by Crippen LogP contribution is -2.39. The zero-order valence-electron chi connectivity index (χ0n) is 11.2. The number of likely N-dealkylation sites (tertiary alicyclic amines) is 1. The Labute approximate surface area is 122 Å². The van der Waals surface area contributed by atoms with E-state index in [2.05, 4.69) is 0 Å². The monoisotopic (exact) mass is 292 g/mol. The van der Waals surface area contributed by atoms with Crippen molar-refractivity contribution in [1.29, 1.82) is 0 Å². The van der Waals surface area contributed by atoms with Gasteiger partial charge in [-0.25, -0.2) is 0 Å². The number of fused-ring (bicyclic) bond motifs is 1. The first kappa shape index (κ1) is 13.4. The van der Waals surface area contributed by atoms with Gasteiger partial charge in [-0.3, -0.25) is 4.79 Å². The van der Waals surface area contributed by atoms with E-state index in [1.165, 1.54) is 0 Å². The highest BCUT2D eigenvalue weighted by molar-refractivity contribution is 6.35. The number of amides is 1. The normalized spacial score (nSPS) is 22.7. The highest BCUT2D eigenvalue weighted by atomic mass is 35.5. The molecule has 2 aromatic rings. The van der Waals surface area contributed by atoms with E-state index >= 15 is 0 Å². The molecule has 2 heterocycles. The molecule has 20 heavy (non-hydrogen) atoms. The fraction of sp³-hybridized carbons (Fsp3) is 0.357. The predicted molar refractivity (Wildman–Crippen MR) is 79.8 cm³/mol. The molecule has 1 fully saturated rings. The van der Waals surface area contributed by atoms with Crippen molar-refractivity contribution in [3.05, 3.63) is 35.0 Å². The van der Waals surface area contributed by atoms with Crippen LogP contribution in [0.15, 0.2) is 24.4 Å². The van der Waals surface area contributed by atoms with Crippen LogP contribution in [-0.4, -0.2) is 40.5 Å². The van der Waals surface area contributed by atoms with Crippen molar-refractivity contribution >= 4 is 28.4 Å². The second-order valence-electron chi connectivity index (χ2n) is 5.33. The van der Waals surface area contributed by atoms with E-state index in [0.717, 1.165) is 10.9 Å². The van der Waals surface area contributed by atoms with Crippen molar-refractivity contribution < 1.29 is 4.79 Å². The molecule has 0 radical (unpaired) electrons. The van der Waals surface area contributed by atoms with Crippen molar-refractivity contribution in [3.8, 4) is 0 Å². The Bertz CT molecular complexity index is 671. The van der Waals surface area contributed by atoms with Crippen molar-refractivity contribution in [2.24, 2.45) is 18.5 Å². The van der Waals surface area contributed by atoms with Gasteiger partial charge < -0.3 is 20.9 Å². The first-order valence-electron chi connectivity index (χ1n) is 6.53. The third-order valence-electron chi connectivity index (χ3n) is 3.88. The summed E-state index contributed by atoms with van der Waals surface area (Å²) < 4.78 is 1.88. The van der Waals surface area contributed by atoms with Crippen LogP contribution in [0.3, 0.4) is 0 Å². The van der Waals surface area contributed by atoms with E-state index < -0.39 is 0 Å². The molecule has 3 rings (SSSR count). The van der Waals surface area contributed by atoms with Crippen molar-refractivity contribution in [3.63, 3.8) is 0 Å². The molecule has 6 heteroatoms. The number of para-hydroxylation sites is 1. The molecular weight excluding hydrogens is 276 g/mol. The highest BCUT2D eigenvalue weighted by Gasteiger charge is 2.32. The van der Waals surface area contributed by atoms with Crippen LogP contribution >= 0.6 is 11.6 Å². The topological polar surface area (TPSA) is 77.3 Å². The lowest BCUT2D eigenvalue weighted by atomic mass is 10.1. The number of benzene rings is 1. The van der Waals surface area contributed by atoms with Gasteiger partial charge in [-0.15, -0.1) is 0 Å². The zero-order valence-corrected chi connectivity index (χ0v) is 12.0. The van der Waals surface area contributed by atoms with Crippen molar-refractivity contribution in [1.82, 2.24) is 9.47 Å². The van der Waals surface area contributed by atoms with Crippen LogP contribution in [0, 0.1) is 0 Å². The maximum atomic E-state index is 12.6. The Morgan fingerprint density at radius 2 is 1.95 bits per heavy atom. The lowest BCUT2D eigenvalue weighted by molar-refractivity contribution is 0.0791. The van der Waals surface area contributed by atoms with Gasteiger partial charge in [0.1, 0.15) is 0 Å². The third-order valence-corrected chi connectivity index (χ3v) is 4.19. The molecule has 1 aromatic heterocycles. The number of hydrogen-bond donors (Lipinski definition) is 2. The van der Waals surface area contributed by atoms with E-state index in [9.17, 15) is 4.79 Å². The van der Waals surface area contributed by atoms with E-state index in [1.807, 2.05) is 36.0 Å². The molecule has 5 nitrogen and oxygen atoms in total. The number of aromatic nitrogens is 1. The molecule has 2 atom stereocenters. The molecule has 0 spiro atoms. The molecule has 1 aliphatic rings. The minimum atomic E-state index is -0.155. The fourth-order valence-corrected chi connectivity index (χ4v) is 3.09. The first-order valence-corrected chi connectivity index (χ1v) is 6.91. The Morgan fingerprint density at radius 3 is 2.60 bits per heavy atom. The van der Waals surface area contributed by atoms with Gasteiger partial charge in [0.2, 0.25) is 0 Å². The summed E-state index contributed by atoms with van der Waals surface area (Å²) in [4.78, 5) is 14.3. The standard InChI is InChI=1S/C14H17ClN4O/c1-18-5-9(8-3-2-4-10(15)13(8)18)14(20)19-6-11(16)12(17)7-19/h2-5,11-12H,6-7,16-17H2,1H3/t11-,12-/m1/s1. The molecule has 4 N–H and O–H groups in total. The van der Waals surface area contributed by atoms with Crippen molar-refractivity contribution in [2.45, 2.75) is 12.1 Å². The minimum Gasteiger partial charge on any atom is -0.349 e. The quantitative estimate of drug-likeness (QED) is 0.821. The van der Waals surface area contributed by atoms with Crippen LogP contribution in [0.4, 0.5) is 0 Å². The number of rotatable bonds is 1. The molecule has 0 bridgehead atoms. The van der Waals surface area contributed by atoms with Crippen LogP contribution in [0.5, 0.6) is 0 Å². The summed E-state index contributed by atoms with van der Waals surface area (Å²) in [5.41, 5.74) is 13.3. The molecule has 1 amide bonds. The number of nitrogens with zero attached hydrogens (tertiary/aromatic N) is 2. The van der Waals surface area contributed by atoms with Crippen LogP contribution in [-0.2, 0) is 7.05 Å². The van der Waals surface area contributed by atoms with Gasteiger partial charge in [0.05, 0.1) is 16.1 Å². The summed E-state index contributed by atoms with van der Waals surface area (Å²) in [5, 5.41) is 1.50. The number of carbonyl (C=O) groups is 1. The first-order chi connectivity index (χ1) is 9.49. The van der Waals surface area contributed by atoms with Gasteiger partial charge in [0, 0.05) is 43.8 Å². The van der Waals surface area contributed by atoms with E-state index in [1.54, 1.807) is 4.90 Å². The average molecular weight is 293 g/mol. The molecule has 0 saturated carbocycles. The predicted octanol–water partition coefficient (Wildman–Crippen LogP) is 0.942. The van der Waals surface area contributed by atoms with Crippen LogP contribution in [0.1, 0.15) is 10.4 Å². The van der Waals surface area contributed by atoms with E-state index in [-0.39, 0.29) is 18.0 Å². The SMILES string of the molecule is Cn1cc(C(=O)N2C[C@@H](N)[C@H](N)C2)c2cccc(Cl)c21. The summed E-state index contributed by atoms with van der Waals surface area (Å²) in [6, 6.07) is 5.27. The molecular formula is C14H17ClN4O. The largest absolute Gasteiger partial charge is 0.349 e. The van der Waals surface area contributed by atoms with Gasteiger partial charge in [-0.05, 0) is 6.07 Å². The molecule has 0 aliphatic carbocycles. The summed E-state index contributed by atoms with van der Waals surface area (Å²) >= 11 is 6.20. The van der Waals surface area contributed by atoms with Crippen LogP contribution in [0.2, 0.25) is 5.02 Å². The lowest BCUT2D eigenvalue weighted by Gasteiger charge is -2.15. The van der Waals surface area contributed by atoms with E-state index in [0.29, 0.717) is 23.7 Å². The Balaban J connectivity index is 2.03. The third kappa shape index (κ3) is 1.98. The van der Waals surface area contributed by atoms with Gasteiger partial charge in [0.15, 0.2) is 0 Å². The van der Waals surface area contributed by atoms with E-state index in [4.69, 9.17) is 23.1 Å². The van der Waals surface area contributed by atoms with Crippen molar-refractivity contribution in [2.75, 3.05) is 13.1 Å². The highest BCUT2D eigenvalue weighted by Crippen LogP contribution is 2.28. The summed E-state index contributed by atoms with van der Waals surface area (Å²) in [6.45, 7) is 0.994. The Kier molecular flexibility index (Phi) is 3.20. The van der Waals surface area contributed by atoms with Gasteiger partial charge in [-0.2, -0.15) is 0 Å². The molecule has 1 aromatic carbocycles. The summed E-state index contributed by atoms with van der Waals surface area (Å²) in [6.07, 6.45) is 1.81. The van der Waals surface area contributed by atoms with Crippen LogP contribution < -0.4 is 11.5 Å². The van der Waals surface area contributed by atoms with Crippen LogP contribution in [0.25, 0.3) is 10.9 Å². The maximum absolute atomic E-state index is 12.6. The molecule has 106 valence electrons. The Morgan fingerprint density at radius 1 is 1.30 bits per heavy atom. The second kappa shape index (κ2) is 4.77. The number of aryl methyl sites for hydroxylation is 1. The number of hydrogen-bond acceptors (Lipinski definition) is 3. The maximum Gasteiger partial charge on any atom is 0.256 e. The molecule has 0 unspecified atom stereocenters. The number of nitrogens with two attached hydrogens (primary N) is 2. The van der Waals surface area contributed by atoms with Gasteiger partial charge in [-0.1, -0.05) is 23.7 Å². The number of carbonyl (C=O) groups excluding carboxylic acids is 1. The number of halogens is 1. The van der Waals surface area contributed by atoms with Gasteiger partial charge in [0.25, 0.3) is 5.91 Å². The van der Waals surface area contributed by atoms with Gasteiger partial charge >= 0.3 is 0 Å². The zero-order chi connectivity index (χ0) is 14.4. The minimum absolute atomic E-state index is 0.0405. The molecule has 1 aliphatic heterocycles. The summed E-state index contributed by atoms with van der Waals surface area (Å²) in [5.74, 6) is -0.0405. The second-order valence-corrected chi connectivity index (χ2v) is 5.73. The average Bonchev–Trinajstić information content (AvgIpc) is 2.91. The molecule has 1 saturated heterocycles. The fourth-order valence-electron chi connectivity index (χ4n) is 2.78.